The number of carboxylic acid groups (broad SMARTS) is 1. The van der Waals surface area contributed by atoms with Crippen LogP contribution >= 0.6 is 11.8 Å². The Morgan fingerprint density at radius 1 is 1.47 bits per heavy atom. The van der Waals surface area contributed by atoms with Crippen LogP contribution in [0.1, 0.15) is 25.6 Å². The topological polar surface area (TPSA) is 72.9 Å². The van der Waals surface area contributed by atoms with E-state index in [0.29, 0.717) is 5.16 Å². The molecule has 19 heavy (non-hydrogen) atoms. The van der Waals surface area contributed by atoms with Crippen LogP contribution in [-0.2, 0) is 4.79 Å². The lowest BCUT2D eigenvalue weighted by atomic mass is 10.4. The van der Waals surface area contributed by atoms with Gasteiger partial charge in [-0.3, -0.25) is 14.0 Å². The first kappa shape index (κ1) is 13.7. The molecule has 0 aliphatic rings. The zero-order chi connectivity index (χ0) is 14.0. The number of aliphatic carboxylic acids is 1. The van der Waals surface area contributed by atoms with Crippen LogP contribution in [0.15, 0.2) is 23.7 Å². The van der Waals surface area contributed by atoms with Gasteiger partial charge in [0.05, 0.1) is 23.3 Å². The molecule has 0 fully saturated rings. The molecule has 0 aliphatic heterocycles. The van der Waals surface area contributed by atoms with Crippen molar-refractivity contribution in [3.05, 3.63) is 24.3 Å². The quantitative estimate of drug-likeness (QED) is 0.849. The monoisotopic (exact) mass is 280 g/mol. The van der Waals surface area contributed by atoms with Gasteiger partial charge in [-0.1, -0.05) is 11.8 Å². The van der Waals surface area contributed by atoms with Gasteiger partial charge in [-0.05, 0) is 20.8 Å². The first-order chi connectivity index (χ1) is 8.97. The Morgan fingerprint density at radius 3 is 2.79 bits per heavy atom. The smallest absolute Gasteiger partial charge is 0.313 e. The summed E-state index contributed by atoms with van der Waals surface area (Å²) < 4.78 is 3.73. The number of hydrogen-bond acceptors (Lipinski definition) is 4. The number of aryl methyl sites for hydroxylation is 1. The summed E-state index contributed by atoms with van der Waals surface area (Å²) >= 11 is 1.20. The summed E-state index contributed by atoms with van der Waals surface area (Å²) in [5.74, 6) is -0.857. The van der Waals surface area contributed by atoms with Crippen LogP contribution in [0.2, 0.25) is 0 Å². The Kier molecular flexibility index (Phi) is 3.94. The van der Waals surface area contributed by atoms with Gasteiger partial charge in [0, 0.05) is 18.4 Å². The number of imidazole rings is 1. The first-order valence-electron chi connectivity index (χ1n) is 5.92. The summed E-state index contributed by atoms with van der Waals surface area (Å²) in [4.78, 5) is 15.0. The maximum Gasteiger partial charge on any atom is 0.313 e. The van der Waals surface area contributed by atoms with Crippen molar-refractivity contribution in [3.63, 3.8) is 0 Å². The second kappa shape index (κ2) is 5.48. The predicted octanol–water partition coefficient (Wildman–Crippen LogP) is 2.13. The van der Waals surface area contributed by atoms with Crippen molar-refractivity contribution in [1.82, 2.24) is 19.3 Å². The minimum atomic E-state index is -0.852. The fourth-order valence-corrected chi connectivity index (χ4v) is 2.38. The summed E-state index contributed by atoms with van der Waals surface area (Å²) in [5, 5.41) is 13.7. The lowest BCUT2D eigenvalue weighted by Gasteiger charge is -2.04. The number of nitrogens with zero attached hydrogens (tertiary/aromatic N) is 4. The number of aromatic nitrogens is 4. The van der Waals surface area contributed by atoms with E-state index in [0.717, 1.165) is 11.4 Å². The first-order valence-corrected chi connectivity index (χ1v) is 6.91. The van der Waals surface area contributed by atoms with Crippen LogP contribution in [0.25, 0.3) is 5.69 Å². The molecule has 0 radical (unpaired) electrons. The maximum absolute atomic E-state index is 10.6. The average molecular weight is 280 g/mol. The molecule has 7 heteroatoms. The zero-order valence-corrected chi connectivity index (χ0v) is 11.9. The molecular formula is C12H16N4O2S. The minimum Gasteiger partial charge on any atom is -0.481 e. The van der Waals surface area contributed by atoms with Gasteiger partial charge in [-0.25, -0.2) is 4.98 Å². The molecule has 2 aromatic rings. The number of thioether (sulfide) groups is 1. The van der Waals surface area contributed by atoms with E-state index in [4.69, 9.17) is 5.11 Å². The third kappa shape index (κ3) is 3.17. The molecule has 0 spiro atoms. The number of carbonyl (C=O) groups is 1. The number of rotatable bonds is 5. The van der Waals surface area contributed by atoms with E-state index >= 15 is 0 Å². The Morgan fingerprint density at radius 2 is 2.21 bits per heavy atom. The molecule has 1 N–H and O–H groups in total. The summed E-state index contributed by atoms with van der Waals surface area (Å²) in [5.41, 5.74) is 1.74. The fraction of sp³-hybridized carbons (Fsp3) is 0.417. The van der Waals surface area contributed by atoms with Gasteiger partial charge in [-0.2, -0.15) is 5.10 Å². The van der Waals surface area contributed by atoms with Crippen LogP contribution in [0, 0.1) is 6.92 Å². The van der Waals surface area contributed by atoms with Crippen molar-refractivity contribution in [2.24, 2.45) is 0 Å². The van der Waals surface area contributed by atoms with E-state index in [1.807, 2.05) is 28.6 Å². The van der Waals surface area contributed by atoms with Crippen molar-refractivity contribution in [2.75, 3.05) is 5.75 Å². The van der Waals surface area contributed by atoms with Gasteiger partial charge >= 0.3 is 5.97 Å². The van der Waals surface area contributed by atoms with Gasteiger partial charge in [0.2, 0.25) is 0 Å². The molecule has 0 aliphatic carbocycles. The third-order valence-electron chi connectivity index (χ3n) is 2.51. The highest BCUT2D eigenvalue weighted by Crippen LogP contribution is 2.22. The Bertz CT molecular complexity index is 588. The molecule has 0 saturated carbocycles. The van der Waals surface area contributed by atoms with Crippen LogP contribution < -0.4 is 0 Å². The number of carboxylic acids is 1. The summed E-state index contributed by atoms with van der Waals surface area (Å²) in [7, 11) is 0. The van der Waals surface area contributed by atoms with E-state index in [2.05, 4.69) is 23.9 Å². The largest absolute Gasteiger partial charge is 0.481 e. The summed E-state index contributed by atoms with van der Waals surface area (Å²) in [6, 6.07) is 0.286. The average Bonchev–Trinajstić information content (AvgIpc) is 2.92. The van der Waals surface area contributed by atoms with E-state index in [-0.39, 0.29) is 11.8 Å². The van der Waals surface area contributed by atoms with Crippen molar-refractivity contribution in [1.29, 1.82) is 0 Å². The standard InChI is InChI=1S/C12H16N4O2S/c1-8(2)16-6-10(4-13-16)15-5-9(3)14-12(15)19-7-11(17)18/h4-6,8H,7H2,1-3H3,(H,17,18). The highest BCUT2D eigenvalue weighted by molar-refractivity contribution is 7.99. The molecule has 0 unspecified atom stereocenters. The highest BCUT2D eigenvalue weighted by atomic mass is 32.2. The molecule has 2 rings (SSSR count). The molecule has 2 heterocycles. The molecule has 102 valence electrons. The van der Waals surface area contributed by atoms with Gasteiger partial charge in [0.15, 0.2) is 5.16 Å². The van der Waals surface area contributed by atoms with Crippen LogP contribution in [0.3, 0.4) is 0 Å². The highest BCUT2D eigenvalue weighted by Gasteiger charge is 2.12. The number of hydrogen-bond donors (Lipinski definition) is 1. The van der Waals surface area contributed by atoms with Crippen LogP contribution in [0.4, 0.5) is 0 Å². The second-order valence-corrected chi connectivity index (χ2v) is 5.43. The normalized spacial score (nSPS) is 11.2. The Hall–Kier alpha value is -1.76. The van der Waals surface area contributed by atoms with Gasteiger partial charge in [-0.15, -0.1) is 0 Å². The van der Waals surface area contributed by atoms with Crippen molar-refractivity contribution < 1.29 is 9.90 Å². The lowest BCUT2D eigenvalue weighted by molar-refractivity contribution is -0.133. The molecule has 2 aromatic heterocycles. The van der Waals surface area contributed by atoms with Gasteiger partial charge in [0.1, 0.15) is 0 Å². The molecule has 0 atom stereocenters. The predicted molar refractivity (Wildman–Crippen MR) is 72.8 cm³/mol. The Labute approximate surface area is 115 Å². The lowest BCUT2D eigenvalue weighted by Crippen LogP contribution is -2.02. The van der Waals surface area contributed by atoms with Crippen LogP contribution in [-0.4, -0.2) is 36.2 Å². The van der Waals surface area contributed by atoms with E-state index in [9.17, 15) is 4.79 Å². The van der Waals surface area contributed by atoms with Crippen LogP contribution in [0.5, 0.6) is 0 Å². The molecule has 0 bridgehead atoms. The third-order valence-corrected chi connectivity index (χ3v) is 3.45. The molecule has 0 aromatic carbocycles. The second-order valence-electron chi connectivity index (χ2n) is 4.49. The van der Waals surface area contributed by atoms with E-state index in [1.165, 1.54) is 11.8 Å². The van der Waals surface area contributed by atoms with Crippen molar-refractivity contribution in [2.45, 2.75) is 32.0 Å². The molecule has 6 nitrogen and oxygen atoms in total. The molecule has 0 saturated heterocycles. The summed E-state index contributed by atoms with van der Waals surface area (Å²) in [6.07, 6.45) is 5.56. The Balaban J connectivity index is 2.29. The molecule has 0 amide bonds. The van der Waals surface area contributed by atoms with Gasteiger partial charge < -0.3 is 5.11 Å². The zero-order valence-electron chi connectivity index (χ0n) is 11.1. The maximum atomic E-state index is 10.6. The minimum absolute atomic E-state index is 0.00519. The van der Waals surface area contributed by atoms with Crippen molar-refractivity contribution >= 4 is 17.7 Å². The van der Waals surface area contributed by atoms with E-state index < -0.39 is 5.97 Å². The summed E-state index contributed by atoms with van der Waals surface area (Å²) in [6.45, 7) is 5.99. The van der Waals surface area contributed by atoms with Gasteiger partial charge in [0.25, 0.3) is 0 Å². The fourth-order valence-electron chi connectivity index (χ4n) is 1.62. The van der Waals surface area contributed by atoms with Crippen molar-refractivity contribution in [3.8, 4) is 5.69 Å². The molecular weight excluding hydrogens is 264 g/mol. The SMILES string of the molecule is Cc1cn(-c2cnn(C(C)C)c2)c(SCC(=O)O)n1. The van der Waals surface area contributed by atoms with E-state index in [1.54, 1.807) is 6.20 Å².